The van der Waals surface area contributed by atoms with E-state index in [9.17, 15) is 24.3 Å². The number of para-hydroxylation sites is 2. The van der Waals surface area contributed by atoms with Gasteiger partial charge in [0.15, 0.2) is 18.1 Å². The summed E-state index contributed by atoms with van der Waals surface area (Å²) in [6.07, 6.45) is -0.265. The topological polar surface area (TPSA) is 196 Å². The van der Waals surface area contributed by atoms with E-state index in [1.807, 2.05) is 88.7 Å². The van der Waals surface area contributed by atoms with Crippen LogP contribution in [0.25, 0.3) is 10.4 Å². The van der Waals surface area contributed by atoms with Crippen molar-refractivity contribution in [3.05, 3.63) is 121 Å². The molecular weight excluding hydrogens is 960 g/mol. The monoisotopic (exact) mass is 1020 g/mol. The third-order valence-corrected chi connectivity index (χ3v) is 15.4. The molecule has 4 amide bonds. The number of aliphatic hydroxyl groups is 1. The van der Waals surface area contributed by atoms with Crippen LogP contribution in [0.5, 0.6) is 11.5 Å². The average Bonchev–Trinajstić information content (AvgIpc) is 4.11. The Kier molecular flexibility index (Phi) is 15.8. The van der Waals surface area contributed by atoms with Gasteiger partial charge in [0, 0.05) is 52.0 Å². The number of thiazole rings is 1. The van der Waals surface area contributed by atoms with Crippen LogP contribution in [-0.4, -0.2) is 106 Å². The Bertz CT molecular complexity index is 2890. The van der Waals surface area contributed by atoms with Crippen molar-refractivity contribution in [2.75, 3.05) is 26.3 Å². The van der Waals surface area contributed by atoms with E-state index < -0.39 is 54.0 Å². The van der Waals surface area contributed by atoms with Crippen LogP contribution in [0.4, 0.5) is 0 Å². The molecule has 0 aliphatic carbocycles. The maximum absolute atomic E-state index is 14.2. The second kappa shape index (κ2) is 22.0. The molecule has 3 aliphatic rings. The van der Waals surface area contributed by atoms with E-state index in [2.05, 4.69) is 45.0 Å². The number of hydrogen-bond donors (Lipinski definition) is 4. The molecule has 0 saturated carbocycles. The summed E-state index contributed by atoms with van der Waals surface area (Å²) in [5, 5.41) is 29.1. The number of aliphatic hydroxyl groups excluding tert-OH is 1. The minimum absolute atomic E-state index is 0.0461. The van der Waals surface area contributed by atoms with Gasteiger partial charge in [0.2, 0.25) is 17.7 Å². The fraction of sp³-hybridized carbons (Fsp3) is 0.396. The lowest BCUT2D eigenvalue weighted by atomic mass is 9.85. The van der Waals surface area contributed by atoms with E-state index >= 15 is 0 Å². The molecule has 4 N–H and O–H groups in total. The van der Waals surface area contributed by atoms with Crippen molar-refractivity contribution in [3.63, 3.8) is 0 Å². The third-order valence-electron chi connectivity index (χ3n) is 12.9. The number of likely N-dealkylation sites (tertiary alicyclic amines) is 1. The summed E-state index contributed by atoms with van der Waals surface area (Å²) in [6.45, 7) is 14.0. The van der Waals surface area contributed by atoms with E-state index in [4.69, 9.17) is 26.1 Å². The largest absolute Gasteiger partial charge is 0.490 e. The van der Waals surface area contributed by atoms with Crippen molar-refractivity contribution in [3.8, 4) is 21.9 Å². The molecule has 3 aliphatic heterocycles. The van der Waals surface area contributed by atoms with Gasteiger partial charge in [-0.25, -0.2) is 4.98 Å². The fourth-order valence-electron chi connectivity index (χ4n) is 9.01. The molecule has 71 heavy (non-hydrogen) atoms. The number of halogens is 1. The summed E-state index contributed by atoms with van der Waals surface area (Å²) >= 11 is 9.55. The molecule has 5 heterocycles. The van der Waals surface area contributed by atoms with Crippen molar-refractivity contribution in [1.82, 2.24) is 25.8 Å². The summed E-state index contributed by atoms with van der Waals surface area (Å²) in [5.41, 5.74) is 9.49. The highest BCUT2D eigenvalue weighted by Crippen LogP contribution is 2.42. The van der Waals surface area contributed by atoms with Crippen LogP contribution < -0.4 is 25.4 Å². The number of nitrogens with zero attached hydrogens (tertiary/aromatic N) is 5. The lowest BCUT2D eigenvalue weighted by Gasteiger charge is -2.35. The van der Waals surface area contributed by atoms with Gasteiger partial charge in [-0.3, -0.25) is 24.2 Å². The molecule has 18 heteroatoms. The average molecular weight is 1020 g/mol. The summed E-state index contributed by atoms with van der Waals surface area (Å²) < 4.78 is 12.0. The van der Waals surface area contributed by atoms with Crippen molar-refractivity contribution < 1.29 is 33.8 Å². The van der Waals surface area contributed by atoms with Crippen molar-refractivity contribution in [1.29, 1.82) is 0 Å². The van der Waals surface area contributed by atoms with Crippen LogP contribution in [0.2, 0.25) is 5.02 Å². The normalized spacial score (nSPS) is 18.8. The highest BCUT2D eigenvalue weighted by Gasteiger charge is 2.45. The highest BCUT2D eigenvalue weighted by atomic mass is 35.5. The van der Waals surface area contributed by atoms with Gasteiger partial charge in [-0.15, -0.1) is 22.7 Å². The Morgan fingerprint density at radius 1 is 0.901 bits per heavy atom. The number of carbonyl (C=O) groups excluding carboxylic acids is 4. The van der Waals surface area contributed by atoms with Crippen LogP contribution in [0.1, 0.15) is 90.6 Å². The number of ether oxygens (including phenoxy) is 2. The van der Waals surface area contributed by atoms with E-state index in [0.29, 0.717) is 29.5 Å². The highest BCUT2D eigenvalue weighted by molar-refractivity contribution is 7.13. The minimum atomic E-state index is -1.03. The van der Waals surface area contributed by atoms with Crippen LogP contribution >= 0.6 is 34.3 Å². The maximum Gasteiger partial charge on any atom is 0.258 e. The molecule has 3 unspecified atom stereocenters. The second-order valence-corrected chi connectivity index (χ2v) is 21.7. The molecule has 15 nitrogen and oxygen atoms in total. The van der Waals surface area contributed by atoms with Crippen molar-refractivity contribution >= 4 is 75.0 Å². The molecule has 0 bridgehead atoms. The Morgan fingerprint density at radius 3 is 2.30 bits per heavy atom. The number of rotatable bonds is 17. The molecule has 3 aromatic carbocycles. The molecule has 2 aromatic heterocycles. The van der Waals surface area contributed by atoms with Gasteiger partial charge in [-0.2, -0.15) is 10.2 Å². The Balaban J connectivity index is 0.825. The third kappa shape index (κ3) is 11.8. The Hall–Kier alpha value is -6.27. The van der Waals surface area contributed by atoms with E-state index in [-0.39, 0.29) is 44.4 Å². The molecule has 0 radical (unpaired) electrons. The molecular formula is C53H59ClN8O7S2. The lowest BCUT2D eigenvalue weighted by Crippen LogP contribution is -2.58. The van der Waals surface area contributed by atoms with Gasteiger partial charge in [0.1, 0.15) is 18.1 Å². The molecule has 372 valence electrons. The zero-order valence-corrected chi connectivity index (χ0v) is 43.3. The standard InChI is InChI=1S/C53H59ClN8O7S2/c1-29-32(4)71-49-44(29)46(34-17-19-36(54)20-18-34)58-38(47-45(49)30(2)60-61-47)24-42(64)55-21-10-22-68-40-11-8-9-12-41(40)69-27-43(65)59-50(53(5,6)7)52(67)62-26-37(63)23-39(62)51(66)56-25-33-13-15-35(16-14-33)48-31(3)57-28-70-48/h8-9,11-20,28,37-39,45,50,63H,10,21-27H2,1-7H3,(H,55,64)(H,56,66)(H,59,65)/t37?,38?,39-,45?,50+/m0/s1. The lowest BCUT2D eigenvalue weighted by molar-refractivity contribution is -0.144. The number of amides is 4. The summed E-state index contributed by atoms with van der Waals surface area (Å²) in [6, 6.07) is 19.9. The number of hydrogen-bond acceptors (Lipinski definition) is 13. The number of aryl methyl sites for hydroxylation is 2. The summed E-state index contributed by atoms with van der Waals surface area (Å²) in [7, 11) is 0. The van der Waals surface area contributed by atoms with Crippen LogP contribution in [0.3, 0.4) is 0 Å². The van der Waals surface area contributed by atoms with Gasteiger partial charge >= 0.3 is 0 Å². The number of nitrogens with one attached hydrogen (secondary N) is 3. The predicted molar refractivity (Wildman–Crippen MR) is 279 cm³/mol. The Labute approximate surface area is 426 Å². The number of aromatic nitrogens is 1. The quantitative estimate of drug-likeness (QED) is 0.0679. The number of thiophene rings is 1. The van der Waals surface area contributed by atoms with Crippen LogP contribution in [0.15, 0.2) is 93.5 Å². The number of aliphatic imine (C=N–C) groups is 1. The molecule has 5 aromatic rings. The van der Waals surface area contributed by atoms with Gasteiger partial charge in [-0.1, -0.05) is 80.9 Å². The number of fused-ring (bicyclic) bond motifs is 3. The number of carbonyl (C=O) groups is 4. The van der Waals surface area contributed by atoms with Crippen LogP contribution in [-0.2, 0) is 25.7 Å². The van der Waals surface area contributed by atoms with E-state index in [1.165, 1.54) is 9.78 Å². The molecule has 1 saturated heterocycles. The van der Waals surface area contributed by atoms with Gasteiger partial charge in [0.05, 0.1) is 58.3 Å². The first kappa shape index (κ1) is 51.1. The SMILES string of the molecule is CC1=NN=C2C(CC(=O)NCCCOc3ccccc3OCC(=O)N[C@H](C(=O)N3CC(O)C[C@H]3C(=O)NCc3ccc(-c4scnc4C)cc3)C(C)(C)C)N=C(c3ccc(Cl)cc3)c3c(sc(C)c3C)C12. The zero-order valence-electron chi connectivity index (χ0n) is 40.9. The smallest absolute Gasteiger partial charge is 0.258 e. The molecule has 5 atom stereocenters. The first-order chi connectivity index (χ1) is 34.0. The van der Waals surface area contributed by atoms with Crippen molar-refractivity contribution in [2.45, 2.75) is 104 Å². The zero-order chi connectivity index (χ0) is 50.6. The number of β-amino-alcohol motifs (C(OH)–C–C–N with tert-alkyl or cyclic N) is 1. The van der Waals surface area contributed by atoms with Gasteiger partial charge in [0.25, 0.3) is 5.91 Å². The van der Waals surface area contributed by atoms with Crippen LogP contribution in [0, 0.1) is 26.2 Å². The van der Waals surface area contributed by atoms with Gasteiger partial charge in [-0.05, 0) is 80.5 Å². The molecule has 0 spiro atoms. The van der Waals surface area contributed by atoms with Gasteiger partial charge < -0.3 is 35.4 Å². The van der Waals surface area contributed by atoms with Crippen molar-refractivity contribution in [2.24, 2.45) is 20.6 Å². The first-order valence-corrected chi connectivity index (χ1v) is 25.8. The summed E-state index contributed by atoms with van der Waals surface area (Å²) in [4.78, 5) is 69.1. The van der Waals surface area contributed by atoms with E-state index in [0.717, 1.165) is 60.4 Å². The first-order valence-electron chi connectivity index (χ1n) is 23.7. The molecule has 8 rings (SSSR count). The number of benzene rings is 3. The maximum atomic E-state index is 14.2. The fourth-order valence-corrected chi connectivity index (χ4v) is 11.3. The van der Waals surface area contributed by atoms with E-state index in [1.54, 1.807) is 46.9 Å². The summed E-state index contributed by atoms with van der Waals surface area (Å²) in [5.74, 6) is -1.03. The second-order valence-electron chi connectivity index (χ2n) is 19.2. The minimum Gasteiger partial charge on any atom is -0.490 e. The Morgan fingerprint density at radius 2 is 1.61 bits per heavy atom. The predicted octanol–water partition coefficient (Wildman–Crippen LogP) is 7.75. The molecule has 1 fully saturated rings.